The van der Waals surface area contributed by atoms with Crippen LogP contribution in [0.3, 0.4) is 0 Å². The van der Waals surface area contributed by atoms with Crippen LogP contribution in [0.15, 0.2) is 41.6 Å². The molecule has 8 heteroatoms. The first-order chi connectivity index (χ1) is 13.8. The van der Waals surface area contributed by atoms with Crippen molar-refractivity contribution >= 4 is 23.5 Å². The van der Waals surface area contributed by atoms with Gasteiger partial charge in [0, 0.05) is 24.4 Å². The molecule has 1 aromatic carbocycles. The molecule has 2 heterocycles. The molecule has 0 aliphatic heterocycles. The number of carbonyl (C=O) groups excluding carboxylic acids is 1. The fourth-order valence-corrected chi connectivity index (χ4v) is 3.78. The predicted molar refractivity (Wildman–Crippen MR) is 115 cm³/mol. The molecule has 2 aromatic heterocycles. The second-order valence-electron chi connectivity index (χ2n) is 8.42. The minimum atomic E-state index is -0.119. The van der Waals surface area contributed by atoms with E-state index >= 15 is 0 Å². The molecule has 0 unspecified atom stereocenters. The molecule has 7 nitrogen and oxygen atoms in total. The lowest BCUT2D eigenvalue weighted by Gasteiger charge is -2.14. The summed E-state index contributed by atoms with van der Waals surface area (Å²) in [5.74, 6) is 2.39. The highest BCUT2D eigenvalue weighted by Gasteiger charge is 2.29. The van der Waals surface area contributed by atoms with Crippen molar-refractivity contribution in [2.45, 2.75) is 50.1 Å². The van der Waals surface area contributed by atoms with Gasteiger partial charge in [-0.1, -0.05) is 50.7 Å². The summed E-state index contributed by atoms with van der Waals surface area (Å²) < 4.78 is 3.79. The Morgan fingerprint density at radius 1 is 1.21 bits per heavy atom. The van der Waals surface area contributed by atoms with E-state index in [1.807, 2.05) is 48.0 Å². The third-order valence-corrected chi connectivity index (χ3v) is 5.91. The van der Waals surface area contributed by atoms with Gasteiger partial charge in [0.05, 0.1) is 17.1 Å². The summed E-state index contributed by atoms with van der Waals surface area (Å²) >= 11 is 1.40. The molecule has 152 valence electrons. The molecule has 0 bridgehead atoms. The van der Waals surface area contributed by atoms with Gasteiger partial charge in [-0.25, -0.2) is 4.68 Å². The number of hydrogen-bond acceptors (Lipinski definition) is 5. The van der Waals surface area contributed by atoms with Crippen LogP contribution in [0.4, 0.5) is 5.82 Å². The highest BCUT2D eigenvalue weighted by atomic mass is 32.2. The maximum atomic E-state index is 12.7. The minimum Gasteiger partial charge on any atom is -0.310 e. The highest BCUT2D eigenvalue weighted by Crippen LogP contribution is 2.39. The topological polar surface area (TPSA) is 77.6 Å². The molecule has 1 fully saturated rings. The van der Waals surface area contributed by atoms with E-state index in [2.05, 4.69) is 36.3 Å². The molecular weight excluding hydrogens is 384 g/mol. The Balaban J connectivity index is 1.49. The van der Waals surface area contributed by atoms with Crippen molar-refractivity contribution in [1.82, 2.24) is 24.5 Å². The SMILES string of the molecule is Cn1c(SCC(=O)Nc2cc(C(C)(C)C)nn2-c2ccccc2)nnc1C1CC1. The lowest BCUT2D eigenvalue weighted by molar-refractivity contribution is -0.113. The van der Waals surface area contributed by atoms with Crippen LogP contribution in [0, 0.1) is 0 Å². The van der Waals surface area contributed by atoms with Crippen molar-refractivity contribution in [1.29, 1.82) is 0 Å². The number of benzene rings is 1. The maximum absolute atomic E-state index is 12.7. The maximum Gasteiger partial charge on any atom is 0.236 e. The number of nitrogens with one attached hydrogen (secondary N) is 1. The van der Waals surface area contributed by atoms with Crippen LogP contribution in [0.1, 0.15) is 51.0 Å². The highest BCUT2D eigenvalue weighted by molar-refractivity contribution is 7.99. The molecular formula is C21H26N6OS. The summed E-state index contributed by atoms with van der Waals surface area (Å²) in [5, 5.41) is 17.0. The third-order valence-electron chi connectivity index (χ3n) is 4.89. The number of nitrogens with zero attached hydrogens (tertiary/aromatic N) is 5. The van der Waals surface area contributed by atoms with Crippen molar-refractivity contribution in [3.63, 3.8) is 0 Å². The van der Waals surface area contributed by atoms with Crippen molar-refractivity contribution in [3.05, 3.63) is 47.9 Å². The number of amides is 1. The number of rotatable bonds is 6. The van der Waals surface area contributed by atoms with Crippen LogP contribution >= 0.6 is 11.8 Å². The Labute approximate surface area is 174 Å². The number of carbonyl (C=O) groups is 1. The van der Waals surface area contributed by atoms with Crippen molar-refractivity contribution in [2.24, 2.45) is 7.05 Å². The van der Waals surface area contributed by atoms with Crippen LogP contribution in [0.5, 0.6) is 0 Å². The Kier molecular flexibility index (Phi) is 5.21. The van der Waals surface area contributed by atoms with E-state index < -0.39 is 0 Å². The zero-order valence-electron chi connectivity index (χ0n) is 17.2. The van der Waals surface area contributed by atoms with Gasteiger partial charge >= 0.3 is 0 Å². The molecule has 0 saturated heterocycles. The van der Waals surface area contributed by atoms with E-state index in [-0.39, 0.29) is 17.1 Å². The van der Waals surface area contributed by atoms with Crippen molar-refractivity contribution < 1.29 is 4.79 Å². The van der Waals surface area contributed by atoms with Gasteiger partial charge in [-0.15, -0.1) is 10.2 Å². The summed E-state index contributed by atoms with van der Waals surface area (Å²) in [6.07, 6.45) is 2.35. The minimum absolute atomic E-state index is 0.0940. The van der Waals surface area contributed by atoms with Gasteiger partial charge in [-0.3, -0.25) is 4.79 Å². The summed E-state index contributed by atoms with van der Waals surface area (Å²) in [6, 6.07) is 11.8. The standard InChI is InChI=1S/C21H26N6OS/c1-21(2,3)16-12-17(27(25-16)15-8-6-5-7-9-15)22-18(28)13-29-20-24-23-19(26(20)4)14-10-11-14/h5-9,12,14H,10-11,13H2,1-4H3,(H,22,28). The molecule has 4 rings (SSSR count). The van der Waals surface area contributed by atoms with E-state index in [0.717, 1.165) is 22.4 Å². The summed E-state index contributed by atoms with van der Waals surface area (Å²) in [7, 11) is 1.97. The second kappa shape index (κ2) is 7.67. The number of aromatic nitrogens is 5. The number of para-hydroxylation sites is 1. The van der Waals surface area contributed by atoms with E-state index in [0.29, 0.717) is 11.7 Å². The number of hydrogen-bond donors (Lipinski definition) is 1. The van der Waals surface area contributed by atoms with Crippen LogP contribution in [-0.4, -0.2) is 36.2 Å². The largest absolute Gasteiger partial charge is 0.310 e. The zero-order valence-corrected chi connectivity index (χ0v) is 18.0. The van der Waals surface area contributed by atoms with Crippen LogP contribution in [0.2, 0.25) is 0 Å². The first kappa shape index (κ1) is 19.7. The lowest BCUT2D eigenvalue weighted by Crippen LogP contribution is -2.17. The first-order valence-corrected chi connectivity index (χ1v) is 10.8. The van der Waals surface area contributed by atoms with Gasteiger partial charge in [0.2, 0.25) is 5.91 Å². The first-order valence-electron chi connectivity index (χ1n) is 9.81. The van der Waals surface area contributed by atoms with E-state index in [1.165, 1.54) is 24.6 Å². The lowest BCUT2D eigenvalue weighted by atomic mass is 9.92. The number of thioether (sulfide) groups is 1. The smallest absolute Gasteiger partial charge is 0.236 e. The van der Waals surface area contributed by atoms with Gasteiger partial charge < -0.3 is 9.88 Å². The molecule has 1 amide bonds. The average Bonchev–Trinajstić information content (AvgIpc) is 3.32. The summed E-state index contributed by atoms with van der Waals surface area (Å²) in [4.78, 5) is 12.7. The molecule has 0 atom stereocenters. The van der Waals surface area contributed by atoms with Gasteiger partial charge in [-0.05, 0) is 25.0 Å². The van der Waals surface area contributed by atoms with Gasteiger partial charge in [0.25, 0.3) is 0 Å². The Morgan fingerprint density at radius 2 is 1.93 bits per heavy atom. The molecule has 1 N–H and O–H groups in total. The zero-order chi connectivity index (χ0) is 20.6. The molecule has 3 aromatic rings. The molecule has 1 aliphatic carbocycles. The quantitative estimate of drug-likeness (QED) is 0.624. The van der Waals surface area contributed by atoms with Gasteiger partial charge in [-0.2, -0.15) is 5.10 Å². The van der Waals surface area contributed by atoms with Crippen molar-refractivity contribution in [2.75, 3.05) is 11.1 Å². The van der Waals surface area contributed by atoms with E-state index in [9.17, 15) is 4.79 Å². The van der Waals surface area contributed by atoms with Gasteiger partial charge in [0.1, 0.15) is 11.6 Å². The number of anilines is 1. The molecule has 1 aliphatic rings. The van der Waals surface area contributed by atoms with Gasteiger partial charge in [0.15, 0.2) is 5.16 Å². The van der Waals surface area contributed by atoms with E-state index in [4.69, 9.17) is 5.10 Å². The Morgan fingerprint density at radius 3 is 2.59 bits per heavy atom. The summed E-state index contributed by atoms with van der Waals surface area (Å²) in [5.41, 5.74) is 1.71. The van der Waals surface area contributed by atoms with Crippen LogP contribution in [-0.2, 0) is 17.3 Å². The molecule has 0 radical (unpaired) electrons. The third kappa shape index (κ3) is 4.37. The van der Waals surface area contributed by atoms with Crippen molar-refractivity contribution in [3.8, 4) is 5.69 Å². The molecule has 1 saturated carbocycles. The fourth-order valence-electron chi connectivity index (χ4n) is 3.06. The average molecular weight is 411 g/mol. The predicted octanol–water partition coefficient (Wildman–Crippen LogP) is 3.91. The molecule has 29 heavy (non-hydrogen) atoms. The monoisotopic (exact) mass is 410 g/mol. The second-order valence-corrected chi connectivity index (χ2v) is 9.37. The molecule has 0 spiro atoms. The van der Waals surface area contributed by atoms with Crippen LogP contribution in [0.25, 0.3) is 5.69 Å². The normalized spacial score (nSPS) is 14.2. The summed E-state index contributed by atoms with van der Waals surface area (Å²) in [6.45, 7) is 6.33. The van der Waals surface area contributed by atoms with E-state index in [1.54, 1.807) is 4.68 Å². The Bertz CT molecular complexity index is 1010. The van der Waals surface area contributed by atoms with Crippen LogP contribution < -0.4 is 5.32 Å². The fraction of sp³-hybridized carbons (Fsp3) is 0.429. The Hall–Kier alpha value is -2.61.